The average Bonchev–Trinajstić information content (AvgIpc) is 2.87. The molecule has 3 rings (SSSR count). The first kappa shape index (κ1) is 26.3. The number of aromatic nitrogens is 1. The summed E-state index contributed by atoms with van der Waals surface area (Å²) in [5, 5.41) is 17.6. The number of carbonyl (C=O) groups is 4. The largest absolute Gasteiger partial charge is 0.473 e. The molecule has 1 saturated carbocycles. The van der Waals surface area contributed by atoms with Crippen LogP contribution in [0.1, 0.15) is 31.2 Å². The van der Waals surface area contributed by atoms with E-state index < -0.39 is 11.9 Å². The summed E-state index contributed by atoms with van der Waals surface area (Å²) in [7, 11) is 1.81. The first-order chi connectivity index (χ1) is 16.3. The molecule has 1 aromatic heterocycles. The van der Waals surface area contributed by atoms with E-state index in [1.54, 1.807) is 17.3 Å². The van der Waals surface area contributed by atoms with Crippen molar-refractivity contribution < 1.29 is 34.1 Å². The van der Waals surface area contributed by atoms with Crippen LogP contribution < -0.4 is 10.2 Å². The zero-order valence-corrected chi connectivity index (χ0v) is 18.9. The summed E-state index contributed by atoms with van der Waals surface area (Å²) in [6, 6.07) is 13.3. The summed E-state index contributed by atoms with van der Waals surface area (Å²) < 4.78 is 5.24. The molecule has 10 heteroatoms. The van der Waals surface area contributed by atoms with E-state index in [-0.39, 0.29) is 24.5 Å². The van der Waals surface area contributed by atoms with Crippen molar-refractivity contribution >= 4 is 29.6 Å². The Hall–Kier alpha value is -3.95. The minimum atomic E-state index is -1.82. The van der Waals surface area contributed by atoms with E-state index in [0.717, 1.165) is 36.9 Å². The Morgan fingerprint density at radius 1 is 0.971 bits per heavy atom. The molecule has 0 unspecified atom stereocenters. The van der Waals surface area contributed by atoms with Gasteiger partial charge in [0, 0.05) is 37.6 Å². The fourth-order valence-corrected chi connectivity index (χ4v) is 3.58. The number of pyridine rings is 1. The van der Waals surface area contributed by atoms with Crippen LogP contribution in [0.3, 0.4) is 0 Å². The lowest BCUT2D eigenvalue weighted by Gasteiger charge is -2.30. The highest BCUT2D eigenvalue weighted by Crippen LogP contribution is 2.30. The third-order valence-electron chi connectivity index (χ3n) is 5.51. The quantitative estimate of drug-likeness (QED) is 0.545. The van der Waals surface area contributed by atoms with E-state index in [0.29, 0.717) is 12.5 Å². The Bertz CT molecular complexity index is 934. The van der Waals surface area contributed by atoms with Crippen LogP contribution >= 0.6 is 0 Å². The summed E-state index contributed by atoms with van der Waals surface area (Å²) in [6.45, 7) is 0.865. The van der Waals surface area contributed by atoms with Gasteiger partial charge >= 0.3 is 18.0 Å². The highest BCUT2D eigenvalue weighted by Gasteiger charge is 2.29. The molecule has 0 saturated heterocycles. The predicted molar refractivity (Wildman–Crippen MR) is 123 cm³/mol. The minimum absolute atomic E-state index is 0.0412. The number of alkyl carbamates (subject to hydrolysis) is 1. The first-order valence-corrected chi connectivity index (χ1v) is 10.9. The SMILES string of the molecule is CN(c1ccncc1)C(=O)[C@H]1CC[C@H](CNC(=O)OCc2ccccc2)CC1.O=C(O)C(=O)O. The van der Waals surface area contributed by atoms with Crippen LogP contribution in [0.25, 0.3) is 0 Å². The van der Waals surface area contributed by atoms with Gasteiger partial charge in [-0.1, -0.05) is 30.3 Å². The molecule has 2 aromatic rings. The van der Waals surface area contributed by atoms with Gasteiger partial charge in [-0.15, -0.1) is 0 Å². The summed E-state index contributed by atoms with van der Waals surface area (Å²) in [6.07, 6.45) is 6.55. The van der Waals surface area contributed by atoms with E-state index in [9.17, 15) is 9.59 Å². The van der Waals surface area contributed by atoms with Crippen molar-refractivity contribution in [3.8, 4) is 0 Å². The normalized spacial score (nSPS) is 16.9. The van der Waals surface area contributed by atoms with Crippen LogP contribution in [0.15, 0.2) is 54.9 Å². The standard InChI is InChI=1S/C22H27N3O3.C2H2O4/c1-25(20-11-13-23-14-12-20)21(26)19-9-7-17(8-10-19)15-24-22(27)28-16-18-5-3-2-4-6-18;3-1(4)2(5)6/h2-6,11-14,17,19H,7-10,15-16H2,1H3,(H,24,27);(H,3,4)(H,5,6)/t17-,19-;. The highest BCUT2D eigenvalue weighted by molar-refractivity contribution is 6.27. The van der Waals surface area contributed by atoms with Crippen molar-refractivity contribution in [2.24, 2.45) is 11.8 Å². The number of benzene rings is 1. The zero-order chi connectivity index (χ0) is 24.9. The Labute approximate surface area is 197 Å². The van der Waals surface area contributed by atoms with Gasteiger partial charge in [-0.25, -0.2) is 14.4 Å². The first-order valence-electron chi connectivity index (χ1n) is 10.9. The lowest BCUT2D eigenvalue weighted by atomic mass is 9.81. The number of amides is 2. The zero-order valence-electron chi connectivity index (χ0n) is 18.9. The van der Waals surface area contributed by atoms with E-state index in [4.69, 9.17) is 24.5 Å². The third-order valence-corrected chi connectivity index (χ3v) is 5.51. The van der Waals surface area contributed by atoms with Crippen LogP contribution in [0.5, 0.6) is 0 Å². The molecule has 1 aliphatic carbocycles. The number of carbonyl (C=O) groups excluding carboxylic acids is 2. The van der Waals surface area contributed by atoms with Crippen LogP contribution in [0.4, 0.5) is 10.5 Å². The Morgan fingerprint density at radius 3 is 2.12 bits per heavy atom. The van der Waals surface area contributed by atoms with Gasteiger partial charge in [0.15, 0.2) is 0 Å². The highest BCUT2D eigenvalue weighted by atomic mass is 16.5. The Morgan fingerprint density at radius 2 is 1.56 bits per heavy atom. The summed E-state index contributed by atoms with van der Waals surface area (Å²) in [5.41, 5.74) is 1.83. The van der Waals surface area contributed by atoms with Crippen molar-refractivity contribution in [1.29, 1.82) is 0 Å². The van der Waals surface area contributed by atoms with Gasteiger partial charge in [0.05, 0.1) is 0 Å². The molecular weight excluding hydrogens is 442 g/mol. The lowest BCUT2D eigenvalue weighted by Crippen LogP contribution is -2.37. The molecule has 182 valence electrons. The van der Waals surface area contributed by atoms with Crippen LogP contribution in [0, 0.1) is 11.8 Å². The maximum atomic E-state index is 12.7. The number of carboxylic acid groups (broad SMARTS) is 2. The number of ether oxygens (including phenoxy) is 1. The van der Waals surface area contributed by atoms with E-state index in [2.05, 4.69) is 10.3 Å². The molecule has 0 aliphatic heterocycles. The topological polar surface area (TPSA) is 146 Å². The van der Waals surface area contributed by atoms with Crippen molar-refractivity contribution in [2.45, 2.75) is 32.3 Å². The monoisotopic (exact) mass is 471 g/mol. The maximum Gasteiger partial charge on any atom is 0.414 e. The van der Waals surface area contributed by atoms with Crippen molar-refractivity contribution in [1.82, 2.24) is 10.3 Å². The molecular formula is C24H29N3O7. The summed E-state index contributed by atoms with van der Waals surface area (Å²) >= 11 is 0. The fraction of sp³-hybridized carbons (Fsp3) is 0.375. The number of nitrogens with one attached hydrogen (secondary N) is 1. The number of hydrogen-bond donors (Lipinski definition) is 3. The molecule has 0 radical (unpaired) electrons. The molecule has 1 heterocycles. The van der Waals surface area contributed by atoms with Crippen LogP contribution in [0.2, 0.25) is 0 Å². The van der Waals surface area contributed by atoms with Crippen LogP contribution in [-0.4, -0.2) is 52.7 Å². The van der Waals surface area contributed by atoms with E-state index >= 15 is 0 Å². The number of rotatable bonds is 6. The number of aliphatic carboxylic acids is 2. The average molecular weight is 472 g/mol. The lowest BCUT2D eigenvalue weighted by molar-refractivity contribution is -0.159. The molecule has 0 spiro atoms. The van der Waals surface area contributed by atoms with Gasteiger partial charge in [0.25, 0.3) is 0 Å². The number of carboxylic acids is 2. The third kappa shape index (κ3) is 8.89. The molecule has 10 nitrogen and oxygen atoms in total. The smallest absolute Gasteiger partial charge is 0.414 e. The molecule has 0 bridgehead atoms. The number of hydrogen-bond acceptors (Lipinski definition) is 6. The Kier molecular flexibility index (Phi) is 10.5. The van der Waals surface area contributed by atoms with Gasteiger partial charge in [-0.05, 0) is 49.3 Å². The molecule has 1 fully saturated rings. The van der Waals surface area contributed by atoms with Gasteiger partial charge in [0.1, 0.15) is 6.61 Å². The predicted octanol–water partition coefficient (Wildman–Crippen LogP) is 2.93. The van der Waals surface area contributed by atoms with Gasteiger partial charge < -0.3 is 25.2 Å². The molecule has 1 aromatic carbocycles. The van der Waals surface area contributed by atoms with Crippen molar-refractivity contribution in [2.75, 3.05) is 18.5 Å². The maximum absolute atomic E-state index is 12.7. The molecule has 1 aliphatic rings. The summed E-state index contributed by atoms with van der Waals surface area (Å²) in [5.74, 6) is -3.07. The second-order valence-corrected chi connectivity index (χ2v) is 7.87. The van der Waals surface area contributed by atoms with Crippen LogP contribution in [-0.2, 0) is 25.7 Å². The Balaban J connectivity index is 0.000000604. The molecule has 0 atom stereocenters. The molecule has 34 heavy (non-hydrogen) atoms. The fourth-order valence-electron chi connectivity index (χ4n) is 3.58. The van der Waals surface area contributed by atoms with Crippen molar-refractivity contribution in [3.05, 3.63) is 60.4 Å². The second-order valence-electron chi connectivity index (χ2n) is 7.87. The van der Waals surface area contributed by atoms with E-state index in [1.807, 2.05) is 49.5 Å². The van der Waals surface area contributed by atoms with Gasteiger partial charge in [-0.2, -0.15) is 0 Å². The van der Waals surface area contributed by atoms with Gasteiger partial charge in [-0.3, -0.25) is 9.78 Å². The summed E-state index contributed by atoms with van der Waals surface area (Å²) in [4.78, 5) is 48.5. The number of anilines is 1. The molecule has 3 N–H and O–H groups in total. The number of nitrogens with zero attached hydrogens (tertiary/aromatic N) is 2. The van der Waals surface area contributed by atoms with Crippen molar-refractivity contribution in [3.63, 3.8) is 0 Å². The second kappa shape index (κ2) is 13.6. The van der Waals surface area contributed by atoms with E-state index in [1.165, 1.54) is 0 Å². The van der Waals surface area contributed by atoms with Gasteiger partial charge in [0.2, 0.25) is 5.91 Å². The molecule has 2 amide bonds. The minimum Gasteiger partial charge on any atom is -0.473 e.